The topological polar surface area (TPSA) is 51.6 Å². The van der Waals surface area contributed by atoms with Gasteiger partial charge in [0.25, 0.3) is 0 Å². The average Bonchev–Trinajstić information content (AvgIpc) is 3.31. The van der Waals surface area contributed by atoms with E-state index in [4.69, 9.17) is 9.47 Å². The Hall–Kier alpha value is -4.68. The SMILES string of the molecule is Oc1ccc(-c2ccc(Oc3c(-c4ccc(F)cc4)sc4cc(OCc5ccccc5)ccc34)cc2)nc1. The minimum atomic E-state index is -0.285. The Morgan fingerprint density at radius 1 is 0.763 bits per heavy atom. The third-order valence-electron chi connectivity index (χ3n) is 6.09. The minimum Gasteiger partial charge on any atom is -0.506 e. The summed E-state index contributed by atoms with van der Waals surface area (Å²) < 4.78 is 27.2. The normalized spacial score (nSPS) is 11.0. The van der Waals surface area contributed by atoms with Gasteiger partial charge in [-0.05, 0) is 77.9 Å². The monoisotopic (exact) mass is 519 g/mol. The van der Waals surface area contributed by atoms with Gasteiger partial charge in [-0.1, -0.05) is 42.5 Å². The molecule has 6 aromatic rings. The predicted molar refractivity (Wildman–Crippen MR) is 149 cm³/mol. The van der Waals surface area contributed by atoms with Crippen LogP contribution in [0.3, 0.4) is 0 Å². The third kappa shape index (κ3) is 5.08. The molecule has 0 unspecified atom stereocenters. The number of fused-ring (bicyclic) bond motifs is 1. The van der Waals surface area contributed by atoms with Gasteiger partial charge in [-0.25, -0.2) is 4.39 Å². The van der Waals surface area contributed by atoms with Gasteiger partial charge in [-0.15, -0.1) is 11.3 Å². The summed E-state index contributed by atoms with van der Waals surface area (Å²) in [4.78, 5) is 5.17. The zero-order valence-electron chi connectivity index (χ0n) is 20.2. The summed E-state index contributed by atoms with van der Waals surface area (Å²) in [5.74, 6) is 1.99. The van der Waals surface area contributed by atoms with Gasteiger partial charge in [-0.2, -0.15) is 0 Å². The van der Waals surface area contributed by atoms with Crippen LogP contribution in [0.5, 0.6) is 23.0 Å². The summed E-state index contributed by atoms with van der Waals surface area (Å²) >= 11 is 1.58. The number of pyridine rings is 1. The lowest BCUT2D eigenvalue weighted by molar-refractivity contribution is 0.306. The molecule has 0 bridgehead atoms. The molecule has 0 spiro atoms. The summed E-state index contributed by atoms with van der Waals surface area (Å²) in [7, 11) is 0. The fraction of sp³-hybridized carbons (Fsp3) is 0.0312. The van der Waals surface area contributed by atoms with Crippen LogP contribution in [0.2, 0.25) is 0 Å². The molecule has 0 radical (unpaired) electrons. The summed E-state index contributed by atoms with van der Waals surface area (Å²) in [5.41, 5.74) is 3.64. The molecule has 0 aliphatic rings. The fourth-order valence-corrected chi connectivity index (χ4v) is 5.31. The fourth-order valence-electron chi connectivity index (χ4n) is 4.15. The lowest BCUT2D eigenvalue weighted by Crippen LogP contribution is -1.94. The van der Waals surface area contributed by atoms with Crippen molar-refractivity contribution in [3.8, 4) is 44.7 Å². The van der Waals surface area contributed by atoms with Crippen molar-refractivity contribution in [1.82, 2.24) is 4.98 Å². The van der Waals surface area contributed by atoms with Crippen LogP contribution in [0.15, 0.2) is 115 Å². The van der Waals surface area contributed by atoms with Gasteiger partial charge in [0.15, 0.2) is 5.75 Å². The Kier molecular flexibility index (Phi) is 6.46. The van der Waals surface area contributed by atoms with Gasteiger partial charge in [0.2, 0.25) is 0 Å². The van der Waals surface area contributed by atoms with Crippen molar-refractivity contribution < 1.29 is 19.0 Å². The van der Waals surface area contributed by atoms with Gasteiger partial charge >= 0.3 is 0 Å². The van der Waals surface area contributed by atoms with E-state index < -0.39 is 0 Å². The Morgan fingerprint density at radius 2 is 1.50 bits per heavy atom. The van der Waals surface area contributed by atoms with Crippen LogP contribution in [0, 0.1) is 5.82 Å². The summed E-state index contributed by atoms with van der Waals surface area (Å²) in [6, 6.07) is 33.4. The van der Waals surface area contributed by atoms with Crippen molar-refractivity contribution >= 4 is 21.4 Å². The molecule has 0 atom stereocenters. The van der Waals surface area contributed by atoms with Crippen LogP contribution in [-0.2, 0) is 6.61 Å². The molecule has 0 aliphatic carbocycles. The molecule has 0 saturated carbocycles. The molecular formula is C32H22FNO3S. The van der Waals surface area contributed by atoms with E-state index in [2.05, 4.69) is 4.98 Å². The lowest BCUT2D eigenvalue weighted by Gasteiger charge is -2.10. The Labute approximate surface area is 223 Å². The number of ether oxygens (including phenoxy) is 2. The van der Waals surface area contributed by atoms with Gasteiger partial charge in [-0.3, -0.25) is 4.98 Å². The lowest BCUT2D eigenvalue weighted by atomic mass is 10.1. The molecule has 4 aromatic carbocycles. The number of hydrogen-bond acceptors (Lipinski definition) is 5. The maximum absolute atomic E-state index is 13.7. The maximum atomic E-state index is 13.7. The first-order valence-corrected chi connectivity index (χ1v) is 12.9. The van der Waals surface area contributed by atoms with Crippen LogP contribution in [0.4, 0.5) is 4.39 Å². The second-order valence-corrected chi connectivity index (χ2v) is 9.78. The highest BCUT2D eigenvalue weighted by molar-refractivity contribution is 7.22. The van der Waals surface area contributed by atoms with Crippen molar-refractivity contribution in [3.05, 3.63) is 127 Å². The molecule has 1 N–H and O–H groups in total. The Balaban J connectivity index is 1.33. The van der Waals surface area contributed by atoms with Gasteiger partial charge in [0, 0.05) is 15.6 Å². The molecule has 2 aromatic heterocycles. The Bertz CT molecular complexity index is 1680. The number of rotatable bonds is 7. The van der Waals surface area contributed by atoms with Crippen LogP contribution < -0.4 is 9.47 Å². The van der Waals surface area contributed by atoms with Crippen LogP contribution in [0.25, 0.3) is 31.8 Å². The maximum Gasteiger partial charge on any atom is 0.153 e. The highest BCUT2D eigenvalue weighted by Gasteiger charge is 2.17. The van der Waals surface area contributed by atoms with E-state index in [-0.39, 0.29) is 11.6 Å². The number of nitrogens with zero attached hydrogens (tertiary/aromatic N) is 1. The van der Waals surface area contributed by atoms with Crippen LogP contribution in [0.1, 0.15) is 5.56 Å². The smallest absolute Gasteiger partial charge is 0.153 e. The van der Waals surface area contributed by atoms with Crippen molar-refractivity contribution in [3.63, 3.8) is 0 Å². The number of halogens is 1. The first-order valence-electron chi connectivity index (χ1n) is 12.0. The number of benzene rings is 4. The molecule has 6 rings (SSSR count). The summed E-state index contributed by atoms with van der Waals surface area (Å²) in [6.07, 6.45) is 1.42. The van der Waals surface area contributed by atoms with Crippen molar-refractivity contribution in [1.29, 1.82) is 0 Å². The first kappa shape index (κ1) is 23.7. The quantitative estimate of drug-likeness (QED) is 0.229. The van der Waals surface area contributed by atoms with E-state index in [1.165, 1.54) is 18.3 Å². The molecule has 0 saturated heterocycles. The molecule has 38 heavy (non-hydrogen) atoms. The van der Waals surface area contributed by atoms with Gasteiger partial charge in [0.1, 0.15) is 29.7 Å². The summed E-state index contributed by atoms with van der Waals surface area (Å²) in [5, 5.41) is 10.5. The third-order valence-corrected chi connectivity index (χ3v) is 7.27. The minimum absolute atomic E-state index is 0.125. The van der Waals surface area contributed by atoms with Crippen molar-refractivity contribution in [2.75, 3.05) is 0 Å². The number of aromatic hydroxyl groups is 1. The van der Waals surface area contributed by atoms with E-state index >= 15 is 0 Å². The number of hydrogen-bond donors (Lipinski definition) is 1. The molecule has 0 amide bonds. The highest BCUT2D eigenvalue weighted by Crippen LogP contribution is 2.47. The average molecular weight is 520 g/mol. The van der Waals surface area contributed by atoms with E-state index in [1.807, 2.05) is 72.8 Å². The van der Waals surface area contributed by atoms with Gasteiger partial charge in [0.05, 0.1) is 16.8 Å². The zero-order chi connectivity index (χ0) is 25.9. The van der Waals surface area contributed by atoms with E-state index in [0.717, 1.165) is 43.1 Å². The molecule has 4 nitrogen and oxygen atoms in total. The largest absolute Gasteiger partial charge is 0.506 e. The van der Waals surface area contributed by atoms with E-state index in [0.29, 0.717) is 18.1 Å². The van der Waals surface area contributed by atoms with E-state index in [1.54, 1.807) is 35.6 Å². The van der Waals surface area contributed by atoms with Crippen molar-refractivity contribution in [2.24, 2.45) is 0 Å². The molecule has 0 aliphatic heterocycles. The number of aromatic nitrogens is 1. The van der Waals surface area contributed by atoms with Gasteiger partial charge < -0.3 is 14.6 Å². The van der Waals surface area contributed by atoms with Crippen molar-refractivity contribution in [2.45, 2.75) is 6.61 Å². The predicted octanol–water partition coefficient (Wildman–Crippen LogP) is 8.85. The molecular weight excluding hydrogens is 497 g/mol. The molecule has 6 heteroatoms. The molecule has 2 heterocycles. The molecule has 0 fully saturated rings. The highest BCUT2D eigenvalue weighted by atomic mass is 32.1. The zero-order valence-corrected chi connectivity index (χ0v) is 21.0. The Morgan fingerprint density at radius 3 is 2.24 bits per heavy atom. The molecule has 186 valence electrons. The summed E-state index contributed by atoms with van der Waals surface area (Å²) in [6.45, 7) is 0.480. The second-order valence-electron chi connectivity index (χ2n) is 8.73. The number of thiophene rings is 1. The van der Waals surface area contributed by atoms with Crippen LogP contribution >= 0.6 is 11.3 Å². The second kappa shape index (κ2) is 10.4. The standard InChI is InChI=1S/C32H22FNO3S/c33-24-10-6-23(7-11-24)32-31(37-26-13-8-22(9-14-26)29-17-12-25(35)19-34-29)28-16-15-27(18-30(28)38-32)36-20-21-4-2-1-3-5-21/h1-19,35H,20H2. The van der Waals surface area contributed by atoms with Crippen LogP contribution in [-0.4, -0.2) is 10.1 Å². The van der Waals surface area contributed by atoms with E-state index in [9.17, 15) is 9.50 Å². The first-order chi connectivity index (χ1) is 18.6.